The number of aromatic nitrogens is 2. The number of methoxy groups -OCH3 is 1. The summed E-state index contributed by atoms with van der Waals surface area (Å²) in [4.78, 5) is 0. The number of ether oxygens (including phenoxy) is 1. The summed E-state index contributed by atoms with van der Waals surface area (Å²) in [6, 6.07) is 9.63. The lowest BCUT2D eigenvalue weighted by atomic mass is 10.2. The molecule has 2 N–H and O–H groups in total. The topological polar surface area (TPSA) is 53.1 Å². The number of benzene rings is 1. The second-order valence-corrected chi connectivity index (χ2v) is 3.26. The first-order chi connectivity index (χ1) is 8.29. The zero-order chi connectivity index (χ0) is 12.7. The lowest BCUT2D eigenvalue weighted by Gasteiger charge is -2.05. The smallest absolute Gasteiger partial charge is 0.122 e. The molecule has 0 aliphatic carbocycles. The molecule has 92 valence electrons. The third-order valence-electron chi connectivity index (χ3n) is 2.24. The molecule has 0 unspecified atom stereocenters. The van der Waals surface area contributed by atoms with Crippen LogP contribution in [0.5, 0.6) is 5.75 Å². The molecule has 0 saturated carbocycles. The molecule has 0 bridgehead atoms. The minimum absolute atomic E-state index is 0.672. The molecule has 2 rings (SSSR count). The monoisotopic (exact) mass is 233 g/mol. The zero-order valence-corrected chi connectivity index (χ0v) is 10.6. The number of anilines is 1. The predicted octanol–water partition coefficient (Wildman–Crippen LogP) is 2.55. The van der Waals surface area contributed by atoms with Gasteiger partial charge in [-0.3, -0.25) is 0 Å². The van der Waals surface area contributed by atoms with E-state index in [0.717, 1.165) is 11.3 Å². The van der Waals surface area contributed by atoms with Crippen molar-refractivity contribution in [2.75, 3.05) is 12.8 Å². The first-order valence-electron chi connectivity index (χ1n) is 5.70. The van der Waals surface area contributed by atoms with Crippen LogP contribution in [0.4, 0.5) is 5.82 Å². The molecule has 0 fully saturated rings. The minimum atomic E-state index is 0.672. The molecular weight excluding hydrogens is 214 g/mol. The summed E-state index contributed by atoms with van der Waals surface area (Å²) in [7, 11) is 1.65. The second-order valence-electron chi connectivity index (χ2n) is 3.26. The average Bonchev–Trinajstić information content (AvgIpc) is 2.79. The van der Waals surface area contributed by atoms with Crippen molar-refractivity contribution in [3.8, 4) is 5.75 Å². The van der Waals surface area contributed by atoms with Gasteiger partial charge in [0.25, 0.3) is 0 Å². The summed E-state index contributed by atoms with van der Waals surface area (Å²) in [5.74, 6) is 1.53. The molecule has 1 aromatic carbocycles. The average molecular weight is 233 g/mol. The van der Waals surface area contributed by atoms with Gasteiger partial charge in [-0.1, -0.05) is 26.0 Å². The molecule has 0 aliphatic rings. The third kappa shape index (κ3) is 3.52. The Hall–Kier alpha value is -1.97. The van der Waals surface area contributed by atoms with E-state index in [9.17, 15) is 0 Å². The van der Waals surface area contributed by atoms with E-state index in [0.29, 0.717) is 12.4 Å². The molecule has 0 aliphatic heterocycles. The molecule has 17 heavy (non-hydrogen) atoms. The van der Waals surface area contributed by atoms with Gasteiger partial charge in [-0.25, -0.2) is 4.68 Å². The first kappa shape index (κ1) is 13.1. The van der Waals surface area contributed by atoms with Crippen molar-refractivity contribution in [3.63, 3.8) is 0 Å². The maximum atomic E-state index is 5.72. The molecule has 0 amide bonds. The van der Waals surface area contributed by atoms with Crippen molar-refractivity contribution < 1.29 is 4.74 Å². The highest BCUT2D eigenvalue weighted by molar-refractivity contribution is 5.30. The van der Waals surface area contributed by atoms with E-state index in [2.05, 4.69) is 5.10 Å². The molecule has 4 nitrogen and oxygen atoms in total. The van der Waals surface area contributed by atoms with Crippen molar-refractivity contribution in [1.29, 1.82) is 0 Å². The largest absolute Gasteiger partial charge is 0.497 e. The van der Waals surface area contributed by atoms with Crippen molar-refractivity contribution in [2.45, 2.75) is 20.4 Å². The Morgan fingerprint density at radius 2 is 1.82 bits per heavy atom. The van der Waals surface area contributed by atoms with Crippen LogP contribution in [0.15, 0.2) is 36.5 Å². The van der Waals surface area contributed by atoms with Gasteiger partial charge in [-0.2, -0.15) is 5.10 Å². The molecule has 1 heterocycles. The van der Waals surface area contributed by atoms with Gasteiger partial charge in [0.05, 0.1) is 19.9 Å². The van der Waals surface area contributed by atoms with E-state index in [1.165, 1.54) is 0 Å². The third-order valence-corrected chi connectivity index (χ3v) is 2.24. The quantitative estimate of drug-likeness (QED) is 0.886. The minimum Gasteiger partial charge on any atom is -0.497 e. The summed E-state index contributed by atoms with van der Waals surface area (Å²) in [6.07, 6.45) is 1.69. The van der Waals surface area contributed by atoms with E-state index in [4.69, 9.17) is 10.5 Å². The standard InChI is InChI=1S/C11H13N3O.C2H6/c1-15-10-4-2-9(3-5-10)8-14-11(12)6-7-13-14;1-2/h2-7H,8,12H2,1H3;1-2H3. The lowest BCUT2D eigenvalue weighted by molar-refractivity contribution is 0.414. The van der Waals surface area contributed by atoms with Crippen LogP contribution in [-0.2, 0) is 6.54 Å². The fourth-order valence-corrected chi connectivity index (χ4v) is 1.38. The summed E-state index contributed by atoms with van der Waals surface area (Å²) in [5.41, 5.74) is 6.86. The summed E-state index contributed by atoms with van der Waals surface area (Å²) in [5, 5.41) is 4.11. The van der Waals surface area contributed by atoms with Crippen LogP contribution in [0, 0.1) is 0 Å². The fraction of sp³-hybridized carbons (Fsp3) is 0.308. The summed E-state index contributed by atoms with van der Waals surface area (Å²) >= 11 is 0. The summed E-state index contributed by atoms with van der Waals surface area (Å²) < 4.78 is 6.83. The number of rotatable bonds is 3. The van der Waals surface area contributed by atoms with Gasteiger partial charge in [0.15, 0.2) is 0 Å². The van der Waals surface area contributed by atoms with Crippen molar-refractivity contribution in [3.05, 3.63) is 42.1 Å². The van der Waals surface area contributed by atoms with Crippen LogP contribution in [-0.4, -0.2) is 16.9 Å². The van der Waals surface area contributed by atoms with Gasteiger partial charge in [-0.05, 0) is 23.8 Å². The molecule has 2 aromatic rings. The van der Waals surface area contributed by atoms with Gasteiger partial charge in [0, 0.05) is 0 Å². The first-order valence-corrected chi connectivity index (χ1v) is 5.70. The van der Waals surface area contributed by atoms with Gasteiger partial charge in [-0.15, -0.1) is 0 Å². The molecule has 0 atom stereocenters. The molecule has 4 heteroatoms. The number of nitrogens with zero attached hydrogens (tertiary/aromatic N) is 2. The molecule has 1 aromatic heterocycles. The lowest BCUT2D eigenvalue weighted by Crippen LogP contribution is -2.05. The Bertz CT molecular complexity index is 434. The van der Waals surface area contributed by atoms with E-state index in [-0.39, 0.29) is 0 Å². The Morgan fingerprint density at radius 3 is 2.29 bits per heavy atom. The van der Waals surface area contributed by atoms with Crippen molar-refractivity contribution in [1.82, 2.24) is 9.78 Å². The fourth-order valence-electron chi connectivity index (χ4n) is 1.38. The van der Waals surface area contributed by atoms with Crippen LogP contribution < -0.4 is 10.5 Å². The Labute approximate surface area is 102 Å². The molecule has 0 spiro atoms. The van der Waals surface area contributed by atoms with Gasteiger partial charge < -0.3 is 10.5 Å². The van der Waals surface area contributed by atoms with Crippen LogP contribution >= 0.6 is 0 Å². The second kappa shape index (κ2) is 6.58. The highest BCUT2D eigenvalue weighted by Gasteiger charge is 1.99. The van der Waals surface area contributed by atoms with E-state index >= 15 is 0 Å². The molecule has 0 radical (unpaired) electrons. The van der Waals surface area contributed by atoms with Gasteiger partial charge >= 0.3 is 0 Å². The van der Waals surface area contributed by atoms with E-state index < -0.39 is 0 Å². The predicted molar refractivity (Wildman–Crippen MR) is 70.1 cm³/mol. The Balaban J connectivity index is 0.000000686. The van der Waals surface area contributed by atoms with E-state index in [1.54, 1.807) is 24.1 Å². The van der Waals surface area contributed by atoms with Crippen molar-refractivity contribution >= 4 is 5.82 Å². The van der Waals surface area contributed by atoms with Crippen LogP contribution in [0.3, 0.4) is 0 Å². The van der Waals surface area contributed by atoms with Crippen molar-refractivity contribution in [2.24, 2.45) is 0 Å². The Morgan fingerprint density at radius 1 is 1.18 bits per heavy atom. The zero-order valence-electron chi connectivity index (χ0n) is 10.6. The highest BCUT2D eigenvalue weighted by Crippen LogP contribution is 2.13. The maximum absolute atomic E-state index is 5.72. The Kier molecular flexibility index (Phi) is 5.07. The normalized spacial score (nSPS) is 9.35. The number of hydrogen-bond acceptors (Lipinski definition) is 3. The van der Waals surface area contributed by atoms with Gasteiger partial charge in [0.2, 0.25) is 0 Å². The maximum Gasteiger partial charge on any atom is 0.122 e. The molecular formula is C13H19N3O. The van der Waals surface area contributed by atoms with E-state index in [1.807, 2.05) is 38.1 Å². The highest BCUT2D eigenvalue weighted by atomic mass is 16.5. The van der Waals surface area contributed by atoms with Crippen LogP contribution in [0.1, 0.15) is 19.4 Å². The molecule has 0 saturated heterocycles. The SMILES string of the molecule is CC.COc1ccc(Cn2nccc2N)cc1. The van der Waals surface area contributed by atoms with Crippen LogP contribution in [0.2, 0.25) is 0 Å². The number of nitrogens with two attached hydrogens (primary N) is 1. The number of nitrogen functional groups attached to an aromatic ring is 1. The number of hydrogen-bond donors (Lipinski definition) is 1. The van der Waals surface area contributed by atoms with Crippen LogP contribution in [0.25, 0.3) is 0 Å². The summed E-state index contributed by atoms with van der Waals surface area (Å²) in [6.45, 7) is 4.68. The van der Waals surface area contributed by atoms with Gasteiger partial charge in [0.1, 0.15) is 11.6 Å².